The summed E-state index contributed by atoms with van der Waals surface area (Å²) in [7, 11) is 0. The predicted molar refractivity (Wildman–Crippen MR) is 111 cm³/mol. The van der Waals surface area contributed by atoms with Gasteiger partial charge in [-0.15, -0.1) is 5.73 Å². The second-order valence-electron chi connectivity index (χ2n) is 8.14. The molecule has 0 spiro atoms. The Hall–Kier alpha value is -2.81. The third-order valence-electron chi connectivity index (χ3n) is 5.11. The Kier molecular flexibility index (Phi) is 5.20. The number of fused-ring (bicyclic) bond motifs is 1. The van der Waals surface area contributed by atoms with E-state index in [-0.39, 0.29) is 0 Å². The summed E-state index contributed by atoms with van der Waals surface area (Å²) in [6.45, 7) is 11.1. The Morgan fingerprint density at radius 3 is 2.43 bits per heavy atom. The summed E-state index contributed by atoms with van der Waals surface area (Å²) in [6, 6.07) is 15.5. The number of amides is 1. The fraction of sp³-hybridized carbons (Fsp3) is 0.333. The van der Waals surface area contributed by atoms with Crippen LogP contribution in [-0.4, -0.2) is 23.0 Å². The first-order valence-electron chi connectivity index (χ1n) is 9.42. The molecule has 3 rings (SSSR count). The summed E-state index contributed by atoms with van der Waals surface area (Å²) in [4.78, 5) is 14.4. The summed E-state index contributed by atoms with van der Waals surface area (Å²) >= 11 is 0. The first-order valence-corrected chi connectivity index (χ1v) is 9.42. The van der Waals surface area contributed by atoms with Crippen molar-refractivity contribution in [3.8, 4) is 0 Å². The fourth-order valence-corrected chi connectivity index (χ4v) is 3.98. The highest BCUT2D eigenvalue weighted by molar-refractivity contribution is 5.93. The third kappa shape index (κ3) is 3.26. The second-order valence-corrected chi connectivity index (χ2v) is 8.14. The van der Waals surface area contributed by atoms with Crippen LogP contribution in [-0.2, 0) is 10.2 Å². The maximum atomic E-state index is 13.0. The lowest BCUT2D eigenvalue weighted by Gasteiger charge is -2.36. The normalized spacial score (nSPS) is 21.0. The average Bonchev–Trinajstić information content (AvgIpc) is 2.88. The zero-order valence-electron chi connectivity index (χ0n) is 16.9. The van der Waals surface area contributed by atoms with E-state index in [0.717, 1.165) is 16.7 Å². The Morgan fingerprint density at radius 1 is 1.21 bits per heavy atom. The molecule has 0 fully saturated rings. The molecule has 4 nitrogen and oxygen atoms in total. The topological polar surface area (TPSA) is 49.8 Å². The van der Waals surface area contributed by atoms with Gasteiger partial charge in [0.1, 0.15) is 5.60 Å². The minimum Gasteiger partial charge on any atom is -0.443 e. The zero-order valence-corrected chi connectivity index (χ0v) is 16.9. The van der Waals surface area contributed by atoms with Gasteiger partial charge in [-0.1, -0.05) is 49.0 Å². The molecule has 0 aliphatic carbocycles. The molecule has 0 saturated heterocycles. The van der Waals surface area contributed by atoms with E-state index >= 15 is 0 Å². The molecule has 1 heterocycles. The minimum atomic E-state index is -1.12. The largest absolute Gasteiger partial charge is 0.443 e. The van der Waals surface area contributed by atoms with Gasteiger partial charge in [-0.3, -0.25) is 0 Å². The summed E-state index contributed by atoms with van der Waals surface area (Å²) in [6.07, 6.45) is 0.583. The highest BCUT2D eigenvalue weighted by Gasteiger charge is 2.54. The van der Waals surface area contributed by atoms with E-state index in [9.17, 15) is 9.90 Å². The van der Waals surface area contributed by atoms with Crippen LogP contribution >= 0.6 is 0 Å². The molecule has 0 bridgehead atoms. The van der Waals surface area contributed by atoms with Crippen LogP contribution in [0.5, 0.6) is 0 Å². The standard InChI is InChI=1S/C24H27NO3/c1-6-7-16-24(18-13-9-8-12-17(18)2)19-14-10-11-15-20(19)25(21(24)26)22(27)28-23(3,4)5/h7-15,21,26H,1,16H2,2-5H3/t21?,24-/m1/s1. The summed E-state index contributed by atoms with van der Waals surface area (Å²) < 4.78 is 5.60. The summed E-state index contributed by atoms with van der Waals surface area (Å²) in [5, 5.41) is 11.5. The zero-order chi connectivity index (χ0) is 20.5. The van der Waals surface area contributed by atoms with Crippen molar-refractivity contribution in [2.24, 2.45) is 0 Å². The lowest BCUT2D eigenvalue weighted by atomic mass is 9.70. The van der Waals surface area contributed by atoms with Gasteiger partial charge < -0.3 is 9.84 Å². The number of carbonyl (C=O) groups excluding carboxylic acids is 1. The number of benzene rings is 2. The lowest BCUT2D eigenvalue weighted by molar-refractivity contribution is 0.0413. The van der Waals surface area contributed by atoms with E-state index in [1.807, 2.05) is 82.3 Å². The molecule has 1 amide bonds. The predicted octanol–water partition coefficient (Wildman–Crippen LogP) is 5.09. The van der Waals surface area contributed by atoms with Gasteiger partial charge in [-0.2, -0.15) is 0 Å². The van der Waals surface area contributed by atoms with Gasteiger partial charge in [-0.05, 0) is 62.9 Å². The number of hydrogen-bond acceptors (Lipinski definition) is 3. The number of aryl methyl sites for hydroxylation is 1. The number of nitrogens with zero attached hydrogens (tertiary/aromatic N) is 1. The van der Waals surface area contributed by atoms with Crippen LogP contribution in [0.4, 0.5) is 10.5 Å². The lowest BCUT2D eigenvalue weighted by Crippen LogP contribution is -2.49. The van der Waals surface area contributed by atoms with Gasteiger partial charge in [0, 0.05) is 0 Å². The van der Waals surface area contributed by atoms with Gasteiger partial charge in [-0.25, -0.2) is 9.69 Å². The SMILES string of the molecule is C=C=CC[C@@]1(c2ccccc2C)c2ccccc2N(C(=O)OC(C)(C)C)C1O. The van der Waals surface area contributed by atoms with Crippen molar-refractivity contribution in [3.63, 3.8) is 0 Å². The molecule has 2 aromatic carbocycles. The molecule has 0 aromatic heterocycles. The maximum absolute atomic E-state index is 13.0. The highest BCUT2D eigenvalue weighted by Crippen LogP contribution is 2.52. The summed E-state index contributed by atoms with van der Waals surface area (Å²) in [5.41, 5.74) is 4.87. The molecule has 1 aliphatic rings. The number of aliphatic hydroxyl groups is 1. The quantitative estimate of drug-likeness (QED) is 0.759. The summed E-state index contributed by atoms with van der Waals surface area (Å²) in [5.74, 6) is 0. The maximum Gasteiger partial charge on any atom is 0.416 e. The van der Waals surface area contributed by atoms with E-state index in [2.05, 4.69) is 12.3 Å². The first kappa shape index (κ1) is 19.9. The smallest absolute Gasteiger partial charge is 0.416 e. The molecule has 146 valence electrons. The Balaban J connectivity index is 2.25. The van der Waals surface area contributed by atoms with E-state index in [1.54, 1.807) is 0 Å². The second kappa shape index (κ2) is 7.31. The number of carbonyl (C=O) groups is 1. The average molecular weight is 377 g/mol. The molecular formula is C24H27NO3. The third-order valence-corrected chi connectivity index (χ3v) is 5.11. The first-order chi connectivity index (χ1) is 13.2. The van der Waals surface area contributed by atoms with Crippen molar-refractivity contribution < 1.29 is 14.6 Å². The van der Waals surface area contributed by atoms with Gasteiger partial charge in [0.15, 0.2) is 6.23 Å². The molecule has 4 heteroatoms. The molecule has 0 radical (unpaired) electrons. The van der Waals surface area contributed by atoms with Crippen LogP contribution in [0.2, 0.25) is 0 Å². The highest BCUT2D eigenvalue weighted by atomic mass is 16.6. The molecule has 0 saturated carbocycles. The van der Waals surface area contributed by atoms with Crippen LogP contribution in [0.1, 0.15) is 43.9 Å². The van der Waals surface area contributed by atoms with Gasteiger partial charge >= 0.3 is 6.09 Å². The van der Waals surface area contributed by atoms with Crippen molar-refractivity contribution >= 4 is 11.8 Å². The number of hydrogen-bond donors (Lipinski definition) is 1. The molecule has 1 unspecified atom stereocenters. The van der Waals surface area contributed by atoms with E-state index in [0.29, 0.717) is 12.1 Å². The number of para-hydroxylation sites is 1. The Bertz CT molecular complexity index is 937. The van der Waals surface area contributed by atoms with Crippen LogP contribution in [0, 0.1) is 6.92 Å². The van der Waals surface area contributed by atoms with Crippen molar-refractivity contribution in [2.75, 3.05) is 4.90 Å². The molecule has 1 N–H and O–H groups in total. The minimum absolute atomic E-state index is 0.457. The molecule has 1 aliphatic heterocycles. The van der Waals surface area contributed by atoms with Crippen LogP contribution in [0.25, 0.3) is 0 Å². The van der Waals surface area contributed by atoms with Gasteiger partial charge in [0.25, 0.3) is 0 Å². The van der Waals surface area contributed by atoms with Crippen molar-refractivity contribution in [1.29, 1.82) is 0 Å². The van der Waals surface area contributed by atoms with Crippen molar-refractivity contribution in [2.45, 2.75) is 51.4 Å². The van der Waals surface area contributed by atoms with Gasteiger partial charge in [0.2, 0.25) is 0 Å². The Labute approximate surface area is 166 Å². The van der Waals surface area contributed by atoms with Crippen LogP contribution < -0.4 is 4.90 Å². The molecule has 2 atom stereocenters. The molecule has 2 aromatic rings. The van der Waals surface area contributed by atoms with E-state index in [1.165, 1.54) is 4.90 Å². The molecular weight excluding hydrogens is 350 g/mol. The Morgan fingerprint density at radius 2 is 1.82 bits per heavy atom. The van der Waals surface area contributed by atoms with E-state index < -0.39 is 23.3 Å². The van der Waals surface area contributed by atoms with Crippen molar-refractivity contribution in [1.82, 2.24) is 0 Å². The van der Waals surface area contributed by atoms with Gasteiger partial charge in [0.05, 0.1) is 11.1 Å². The van der Waals surface area contributed by atoms with Crippen LogP contribution in [0.3, 0.4) is 0 Å². The monoisotopic (exact) mass is 377 g/mol. The van der Waals surface area contributed by atoms with Crippen molar-refractivity contribution in [3.05, 3.63) is 83.6 Å². The number of anilines is 1. The van der Waals surface area contributed by atoms with Crippen LogP contribution in [0.15, 0.2) is 66.9 Å². The number of rotatable bonds is 3. The fourth-order valence-electron chi connectivity index (χ4n) is 3.98. The molecule has 28 heavy (non-hydrogen) atoms. The van der Waals surface area contributed by atoms with E-state index in [4.69, 9.17) is 4.74 Å². The number of ether oxygens (including phenoxy) is 1. The number of aliphatic hydroxyl groups excluding tert-OH is 1. The number of allylic oxidation sites excluding steroid dienone is 1.